The Morgan fingerprint density at radius 3 is 2.71 bits per heavy atom. The molecule has 2 rings (SSSR count). The van der Waals surface area contributed by atoms with Crippen molar-refractivity contribution in [2.75, 3.05) is 53.2 Å². The first-order valence-electron chi connectivity index (χ1n) is 7.66. The molecule has 0 saturated carbocycles. The van der Waals surface area contributed by atoms with Crippen LogP contribution in [0.2, 0.25) is 0 Å². The summed E-state index contributed by atoms with van der Waals surface area (Å²) in [5, 5.41) is 0. The van der Waals surface area contributed by atoms with Crippen molar-refractivity contribution < 1.29 is 28.6 Å². The summed E-state index contributed by atoms with van der Waals surface area (Å²) < 4.78 is 15.7. The van der Waals surface area contributed by atoms with E-state index in [1.807, 2.05) is 0 Å². The average molecular weight is 338 g/mol. The van der Waals surface area contributed by atoms with Crippen molar-refractivity contribution in [3.05, 3.63) is 29.3 Å². The maximum atomic E-state index is 12.1. The third kappa shape index (κ3) is 5.00. The number of carbonyl (C=O) groups is 2. The van der Waals surface area contributed by atoms with Crippen LogP contribution in [0.4, 0.5) is 0 Å². The van der Waals surface area contributed by atoms with E-state index in [4.69, 9.17) is 15.4 Å². The highest BCUT2D eigenvalue weighted by Crippen LogP contribution is 2.22. The number of nitrogens with zero attached hydrogens (tertiary/aromatic N) is 1. The standard InChI is InChI=1S/C16H22N2O6/c1-21-16(20)12-2-3-15(13(10-12)14(19)11-24-17)23-9-6-18-4-7-22-8-5-18/h2-3,10H,4-9,11,17H2,1H3. The summed E-state index contributed by atoms with van der Waals surface area (Å²) >= 11 is 0. The minimum Gasteiger partial charge on any atom is -0.491 e. The monoisotopic (exact) mass is 338 g/mol. The molecule has 8 nitrogen and oxygen atoms in total. The van der Waals surface area contributed by atoms with Gasteiger partial charge in [0.25, 0.3) is 0 Å². The second-order valence-corrected chi connectivity index (χ2v) is 5.24. The number of hydrogen-bond donors (Lipinski definition) is 1. The molecule has 132 valence electrons. The number of hydrogen-bond acceptors (Lipinski definition) is 8. The predicted molar refractivity (Wildman–Crippen MR) is 85.0 cm³/mol. The van der Waals surface area contributed by atoms with E-state index in [0.717, 1.165) is 19.6 Å². The highest BCUT2D eigenvalue weighted by atomic mass is 16.6. The van der Waals surface area contributed by atoms with Crippen molar-refractivity contribution in [2.24, 2.45) is 5.90 Å². The number of methoxy groups -OCH3 is 1. The van der Waals surface area contributed by atoms with Gasteiger partial charge in [-0.3, -0.25) is 14.5 Å². The van der Waals surface area contributed by atoms with Crippen LogP contribution in [0.15, 0.2) is 18.2 Å². The van der Waals surface area contributed by atoms with Gasteiger partial charge in [0, 0.05) is 19.6 Å². The number of nitrogens with two attached hydrogens (primary N) is 1. The van der Waals surface area contributed by atoms with Gasteiger partial charge in [0.1, 0.15) is 19.0 Å². The van der Waals surface area contributed by atoms with Gasteiger partial charge in [0.15, 0.2) is 5.78 Å². The van der Waals surface area contributed by atoms with Crippen LogP contribution in [0.5, 0.6) is 5.75 Å². The van der Waals surface area contributed by atoms with Gasteiger partial charge in [-0.1, -0.05) is 0 Å². The molecule has 1 aliphatic rings. The Morgan fingerprint density at radius 2 is 2.04 bits per heavy atom. The molecule has 0 bridgehead atoms. The Kier molecular flexibility index (Phi) is 7.13. The molecule has 24 heavy (non-hydrogen) atoms. The van der Waals surface area contributed by atoms with Crippen molar-refractivity contribution >= 4 is 11.8 Å². The number of rotatable bonds is 8. The molecule has 2 N–H and O–H groups in total. The van der Waals surface area contributed by atoms with Gasteiger partial charge in [-0.15, -0.1) is 0 Å². The molecule has 0 unspecified atom stereocenters. The highest BCUT2D eigenvalue weighted by Gasteiger charge is 2.17. The highest BCUT2D eigenvalue weighted by molar-refractivity contribution is 6.02. The predicted octanol–water partition coefficient (Wildman–Crippen LogP) is 0.257. The van der Waals surface area contributed by atoms with E-state index in [1.165, 1.54) is 13.2 Å². The maximum Gasteiger partial charge on any atom is 0.337 e. The van der Waals surface area contributed by atoms with Crippen LogP contribution in [0.3, 0.4) is 0 Å². The van der Waals surface area contributed by atoms with E-state index in [0.29, 0.717) is 25.6 Å². The molecule has 1 heterocycles. The quantitative estimate of drug-likeness (QED) is 0.409. The Bertz CT molecular complexity index is 572. The van der Waals surface area contributed by atoms with E-state index >= 15 is 0 Å². The Morgan fingerprint density at radius 1 is 1.29 bits per heavy atom. The molecule has 1 aromatic carbocycles. The van der Waals surface area contributed by atoms with Crippen molar-refractivity contribution in [3.8, 4) is 5.75 Å². The number of carbonyl (C=O) groups excluding carboxylic acids is 2. The molecule has 0 spiro atoms. The molecule has 0 amide bonds. The summed E-state index contributed by atoms with van der Waals surface area (Å²) in [6.45, 7) is 3.99. The zero-order valence-electron chi connectivity index (χ0n) is 13.7. The van der Waals surface area contributed by atoms with Gasteiger partial charge in [0.2, 0.25) is 0 Å². The smallest absolute Gasteiger partial charge is 0.337 e. The molecule has 1 saturated heterocycles. The molecule has 1 aliphatic heterocycles. The molecular weight excluding hydrogens is 316 g/mol. The lowest BCUT2D eigenvalue weighted by atomic mass is 10.1. The van der Waals surface area contributed by atoms with Crippen LogP contribution < -0.4 is 10.6 Å². The molecule has 0 aromatic heterocycles. The first kappa shape index (κ1) is 18.3. The lowest BCUT2D eigenvalue weighted by molar-refractivity contribution is 0.0322. The lowest BCUT2D eigenvalue weighted by Gasteiger charge is -2.26. The summed E-state index contributed by atoms with van der Waals surface area (Å²) in [5.41, 5.74) is 0.503. The molecular formula is C16H22N2O6. The van der Waals surface area contributed by atoms with Gasteiger partial charge < -0.3 is 14.2 Å². The van der Waals surface area contributed by atoms with Crippen molar-refractivity contribution in [1.82, 2.24) is 4.90 Å². The number of ether oxygens (including phenoxy) is 3. The largest absolute Gasteiger partial charge is 0.491 e. The molecule has 0 radical (unpaired) electrons. The minimum absolute atomic E-state index is 0.241. The second-order valence-electron chi connectivity index (χ2n) is 5.24. The lowest BCUT2D eigenvalue weighted by Crippen LogP contribution is -2.38. The fraction of sp³-hybridized carbons (Fsp3) is 0.500. The van der Waals surface area contributed by atoms with Gasteiger partial charge >= 0.3 is 5.97 Å². The topological polar surface area (TPSA) is 100 Å². The zero-order chi connectivity index (χ0) is 17.4. The van der Waals surface area contributed by atoms with Gasteiger partial charge in [-0.25, -0.2) is 10.7 Å². The third-order valence-corrected chi connectivity index (χ3v) is 3.68. The number of morpholine rings is 1. The average Bonchev–Trinajstić information content (AvgIpc) is 2.62. The van der Waals surface area contributed by atoms with Gasteiger partial charge in [0.05, 0.1) is 31.5 Å². The Labute approximate surface area is 140 Å². The molecule has 0 aliphatic carbocycles. The van der Waals surface area contributed by atoms with E-state index in [2.05, 4.69) is 14.5 Å². The number of esters is 1. The van der Waals surface area contributed by atoms with Gasteiger partial charge in [-0.05, 0) is 18.2 Å². The van der Waals surface area contributed by atoms with Crippen LogP contribution >= 0.6 is 0 Å². The maximum absolute atomic E-state index is 12.1. The summed E-state index contributed by atoms with van der Waals surface area (Å²) in [4.78, 5) is 30.4. The fourth-order valence-corrected chi connectivity index (χ4v) is 2.38. The van der Waals surface area contributed by atoms with Crippen LogP contribution in [-0.2, 0) is 14.3 Å². The summed E-state index contributed by atoms with van der Waals surface area (Å²) in [7, 11) is 1.28. The van der Waals surface area contributed by atoms with E-state index in [-0.39, 0.29) is 23.5 Å². The molecule has 1 fully saturated rings. The van der Waals surface area contributed by atoms with Crippen molar-refractivity contribution in [2.45, 2.75) is 0 Å². The molecule has 8 heteroatoms. The number of benzene rings is 1. The van der Waals surface area contributed by atoms with Crippen LogP contribution in [0.1, 0.15) is 20.7 Å². The van der Waals surface area contributed by atoms with Crippen LogP contribution in [-0.4, -0.2) is 69.8 Å². The first-order chi connectivity index (χ1) is 11.7. The van der Waals surface area contributed by atoms with Crippen molar-refractivity contribution in [3.63, 3.8) is 0 Å². The summed E-state index contributed by atoms with van der Waals surface area (Å²) in [6, 6.07) is 4.56. The summed E-state index contributed by atoms with van der Waals surface area (Å²) in [6.07, 6.45) is 0. The number of ketones is 1. The van der Waals surface area contributed by atoms with Gasteiger partial charge in [-0.2, -0.15) is 0 Å². The SMILES string of the molecule is COC(=O)c1ccc(OCCN2CCOCC2)c(C(=O)CON)c1. The molecule has 1 aromatic rings. The van der Waals surface area contributed by atoms with E-state index < -0.39 is 5.97 Å². The van der Waals surface area contributed by atoms with Crippen LogP contribution in [0.25, 0.3) is 0 Å². The minimum atomic E-state index is -0.530. The Hall–Kier alpha value is -2.00. The molecule has 0 atom stereocenters. The third-order valence-electron chi connectivity index (χ3n) is 3.68. The normalized spacial score (nSPS) is 15.1. The van der Waals surface area contributed by atoms with Crippen molar-refractivity contribution in [1.29, 1.82) is 0 Å². The fourth-order valence-electron chi connectivity index (χ4n) is 2.38. The second kappa shape index (κ2) is 9.33. The van der Waals surface area contributed by atoms with E-state index in [9.17, 15) is 9.59 Å². The summed E-state index contributed by atoms with van der Waals surface area (Å²) in [5.74, 6) is 4.45. The van der Waals surface area contributed by atoms with Crippen LogP contribution in [0, 0.1) is 0 Å². The Balaban J connectivity index is 2.05. The van der Waals surface area contributed by atoms with E-state index in [1.54, 1.807) is 12.1 Å². The first-order valence-corrected chi connectivity index (χ1v) is 7.66. The zero-order valence-corrected chi connectivity index (χ0v) is 13.7. The number of Topliss-reactive ketones (excluding diaryl/α,β-unsaturated/α-hetero) is 1.